The fraction of sp³-hybridized carbons (Fsp3) is 0.176. The summed E-state index contributed by atoms with van der Waals surface area (Å²) in [6.07, 6.45) is -6.15. The molecule has 0 bridgehead atoms. The maximum absolute atomic E-state index is 13.0. The average Bonchev–Trinajstić information content (AvgIpc) is 3.20. The summed E-state index contributed by atoms with van der Waals surface area (Å²) < 4.78 is 83.2. The molecule has 158 valence electrons. The molecule has 0 spiro atoms. The molecule has 0 atom stereocenters. The molecule has 1 amide bonds. The smallest absolute Gasteiger partial charge is 0.433 e. The molecule has 3 aromatic rings. The van der Waals surface area contributed by atoms with Gasteiger partial charge in [-0.25, -0.2) is 9.67 Å². The molecule has 2 heterocycles. The van der Waals surface area contributed by atoms with Crippen LogP contribution in [0.5, 0.6) is 5.75 Å². The Hall–Kier alpha value is -3.64. The van der Waals surface area contributed by atoms with Gasteiger partial charge in [0, 0.05) is 12.3 Å². The van der Waals surface area contributed by atoms with Gasteiger partial charge in [0.25, 0.3) is 5.91 Å². The van der Waals surface area contributed by atoms with Gasteiger partial charge in [-0.3, -0.25) is 9.78 Å². The third-order valence-electron chi connectivity index (χ3n) is 3.66. The third-order valence-corrected chi connectivity index (χ3v) is 3.66. The molecule has 2 aromatic heterocycles. The summed E-state index contributed by atoms with van der Waals surface area (Å²) in [5.74, 6) is -1.19. The summed E-state index contributed by atoms with van der Waals surface area (Å²) in [6, 6.07) is 4.29. The summed E-state index contributed by atoms with van der Waals surface area (Å²) >= 11 is 0. The number of benzene rings is 1. The first kappa shape index (κ1) is 21.1. The number of nitrogens with one attached hydrogen (secondary N) is 1. The summed E-state index contributed by atoms with van der Waals surface area (Å²) in [5, 5.41) is 6.04. The van der Waals surface area contributed by atoms with E-state index in [-0.39, 0.29) is 17.1 Å². The molecule has 0 saturated heterocycles. The van der Waals surface area contributed by atoms with Crippen LogP contribution in [-0.2, 0) is 17.1 Å². The second-order valence-electron chi connectivity index (χ2n) is 5.78. The van der Waals surface area contributed by atoms with Crippen LogP contribution in [0.2, 0.25) is 0 Å². The fourth-order valence-electron chi connectivity index (χ4n) is 2.34. The van der Waals surface area contributed by atoms with E-state index < -0.39 is 36.1 Å². The van der Waals surface area contributed by atoms with Gasteiger partial charge in [0.05, 0.1) is 16.9 Å². The minimum atomic E-state index is -4.70. The Bertz CT molecular complexity index is 1030. The number of ether oxygens (including phenoxy) is 1. The largest absolute Gasteiger partial charge is 0.484 e. The monoisotopic (exact) mass is 431 g/mol. The normalized spacial score (nSPS) is 11.9. The van der Waals surface area contributed by atoms with E-state index in [0.717, 1.165) is 35.4 Å². The standard InChI is InChI=1S/C17H11F6N5O2/c18-16(19,20)10-1-2-13(28-9-24-8-26-28)12(5-10)27-15(29)7-30-11-3-4-25-14(6-11)17(21,22)23/h1-6,8-9H,7H2,(H,27,29). The number of carbonyl (C=O) groups excluding carboxylic acids is 1. The number of alkyl halides is 6. The molecule has 0 fully saturated rings. The molecular weight excluding hydrogens is 420 g/mol. The minimum absolute atomic E-state index is 0.0946. The van der Waals surface area contributed by atoms with E-state index in [9.17, 15) is 31.1 Å². The Labute approximate surface area is 164 Å². The Balaban J connectivity index is 1.77. The van der Waals surface area contributed by atoms with Crippen LogP contribution in [0.3, 0.4) is 0 Å². The maximum atomic E-state index is 13.0. The number of carbonyl (C=O) groups is 1. The van der Waals surface area contributed by atoms with Gasteiger partial charge in [0.1, 0.15) is 24.1 Å². The van der Waals surface area contributed by atoms with Crippen molar-refractivity contribution < 1.29 is 35.9 Å². The molecule has 7 nitrogen and oxygen atoms in total. The van der Waals surface area contributed by atoms with Crippen molar-refractivity contribution in [2.75, 3.05) is 11.9 Å². The first-order valence-corrected chi connectivity index (χ1v) is 8.06. The van der Waals surface area contributed by atoms with Gasteiger partial charge in [-0.2, -0.15) is 31.4 Å². The topological polar surface area (TPSA) is 81.9 Å². The van der Waals surface area contributed by atoms with Crippen LogP contribution in [-0.4, -0.2) is 32.3 Å². The van der Waals surface area contributed by atoms with Crippen molar-refractivity contribution in [2.24, 2.45) is 0 Å². The SMILES string of the molecule is O=C(COc1ccnc(C(F)(F)F)c1)Nc1cc(C(F)(F)F)ccc1-n1cncn1. The van der Waals surface area contributed by atoms with E-state index in [1.807, 2.05) is 0 Å². The van der Waals surface area contributed by atoms with Gasteiger partial charge in [-0.1, -0.05) is 0 Å². The molecule has 0 radical (unpaired) electrons. The first-order valence-electron chi connectivity index (χ1n) is 8.06. The van der Waals surface area contributed by atoms with E-state index in [2.05, 4.69) is 20.4 Å². The lowest BCUT2D eigenvalue weighted by Gasteiger charge is -2.15. The van der Waals surface area contributed by atoms with Crippen LogP contribution in [0.15, 0.2) is 49.2 Å². The van der Waals surface area contributed by atoms with E-state index >= 15 is 0 Å². The molecule has 0 aliphatic heterocycles. The lowest BCUT2D eigenvalue weighted by Crippen LogP contribution is -2.22. The molecule has 0 aliphatic rings. The summed E-state index contributed by atoms with van der Waals surface area (Å²) in [4.78, 5) is 19.0. The van der Waals surface area contributed by atoms with E-state index in [1.165, 1.54) is 6.33 Å². The Morgan fingerprint density at radius 3 is 2.47 bits per heavy atom. The van der Waals surface area contributed by atoms with Gasteiger partial charge in [0.2, 0.25) is 0 Å². The number of rotatable bonds is 5. The molecular formula is C17H11F6N5O2. The number of pyridine rings is 1. The highest BCUT2D eigenvalue weighted by molar-refractivity contribution is 5.94. The van der Waals surface area contributed by atoms with Crippen LogP contribution in [0.25, 0.3) is 5.69 Å². The second kappa shape index (κ2) is 8.00. The zero-order valence-electron chi connectivity index (χ0n) is 14.7. The van der Waals surface area contributed by atoms with Crippen molar-refractivity contribution in [3.63, 3.8) is 0 Å². The zero-order valence-corrected chi connectivity index (χ0v) is 14.7. The van der Waals surface area contributed by atoms with Crippen LogP contribution >= 0.6 is 0 Å². The van der Waals surface area contributed by atoms with Crippen molar-refractivity contribution in [1.29, 1.82) is 0 Å². The summed E-state index contributed by atoms with van der Waals surface area (Å²) in [5.41, 5.74) is -2.38. The minimum Gasteiger partial charge on any atom is -0.484 e. The van der Waals surface area contributed by atoms with Crippen molar-refractivity contribution in [3.8, 4) is 11.4 Å². The molecule has 3 rings (SSSR count). The van der Waals surface area contributed by atoms with Crippen LogP contribution in [0.1, 0.15) is 11.3 Å². The second-order valence-corrected chi connectivity index (χ2v) is 5.78. The average molecular weight is 431 g/mol. The van der Waals surface area contributed by atoms with Gasteiger partial charge in [-0.05, 0) is 24.3 Å². The van der Waals surface area contributed by atoms with Crippen molar-refractivity contribution in [2.45, 2.75) is 12.4 Å². The zero-order chi connectivity index (χ0) is 21.9. The Morgan fingerprint density at radius 1 is 1.07 bits per heavy atom. The highest BCUT2D eigenvalue weighted by Crippen LogP contribution is 2.33. The van der Waals surface area contributed by atoms with Crippen LogP contribution < -0.4 is 10.1 Å². The quantitative estimate of drug-likeness (QED) is 0.623. The number of aromatic nitrogens is 4. The van der Waals surface area contributed by atoms with E-state index in [0.29, 0.717) is 12.1 Å². The number of hydrogen-bond donors (Lipinski definition) is 1. The highest BCUT2D eigenvalue weighted by Gasteiger charge is 2.33. The molecule has 0 aliphatic carbocycles. The Morgan fingerprint density at radius 2 is 1.83 bits per heavy atom. The molecule has 1 aromatic carbocycles. The summed E-state index contributed by atoms with van der Waals surface area (Å²) in [6.45, 7) is -0.756. The number of hydrogen-bond acceptors (Lipinski definition) is 5. The number of nitrogens with zero attached hydrogens (tertiary/aromatic N) is 4. The van der Waals surface area contributed by atoms with Gasteiger partial charge in [-0.15, -0.1) is 0 Å². The Kier molecular flexibility index (Phi) is 5.62. The van der Waals surface area contributed by atoms with E-state index in [1.54, 1.807) is 0 Å². The van der Waals surface area contributed by atoms with Crippen LogP contribution in [0, 0.1) is 0 Å². The van der Waals surface area contributed by atoms with E-state index in [4.69, 9.17) is 4.74 Å². The van der Waals surface area contributed by atoms with Gasteiger partial charge >= 0.3 is 12.4 Å². The van der Waals surface area contributed by atoms with Crippen molar-refractivity contribution in [1.82, 2.24) is 19.7 Å². The fourth-order valence-corrected chi connectivity index (χ4v) is 2.34. The molecule has 1 N–H and O–H groups in total. The van der Waals surface area contributed by atoms with Gasteiger partial charge in [0.15, 0.2) is 6.61 Å². The number of halogens is 6. The first-order chi connectivity index (χ1) is 14.0. The number of anilines is 1. The highest BCUT2D eigenvalue weighted by atomic mass is 19.4. The maximum Gasteiger partial charge on any atom is 0.433 e. The molecule has 0 unspecified atom stereocenters. The van der Waals surface area contributed by atoms with Gasteiger partial charge < -0.3 is 10.1 Å². The van der Waals surface area contributed by atoms with Crippen LogP contribution in [0.4, 0.5) is 32.0 Å². The molecule has 13 heteroatoms. The van der Waals surface area contributed by atoms with Crippen molar-refractivity contribution >= 4 is 11.6 Å². The molecule has 30 heavy (non-hydrogen) atoms. The number of amides is 1. The predicted molar refractivity (Wildman–Crippen MR) is 89.7 cm³/mol. The lowest BCUT2D eigenvalue weighted by molar-refractivity contribution is -0.141. The molecule has 0 saturated carbocycles. The third kappa shape index (κ3) is 5.04. The van der Waals surface area contributed by atoms with Crippen molar-refractivity contribution in [3.05, 3.63) is 60.4 Å². The summed E-state index contributed by atoms with van der Waals surface area (Å²) in [7, 11) is 0. The lowest BCUT2D eigenvalue weighted by atomic mass is 10.1. The predicted octanol–water partition coefficient (Wildman–Crippen LogP) is 3.72.